The second-order valence-corrected chi connectivity index (χ2v) is 5.78. The summed E-state index contributed by atoms with van der Waals surface area (Å²) in [5.74, 6) is -0.263. The van der Waals surface area contributed by atoms with E-state index in [1.54, 1.807) is 12.1 Å². The Bertz CT molecular complexity index is 474. The maximum atomic E-state index is 14.4. The number of hydrogen-bond donors (Lipinski definition) is 1. The van der Waals surface area contributed by atoms with E-state index in [9.17, 15) is 4.39 Å². The Labute approximate surface area is 120 Å². The minimum atomic E-state index is -0.263. The highest BCUT2D eigenvalue weighted by Gasteiger charge is 2.31. The van der Waals surface area contributed by atoms with Crippen LogP contribution in [0, 0.1) is 5.82 Å². The van der Waals surface area contributed by atoms with Crippen LogP contribution in [0.1, 0.15) is 31.7 Å². The first-order chi connectivity index (χ1) is 8.56. The van der Waals surface area contributed by atoms with Crippen molar-refractivity contribution < 1.29 is 4.39 Å². The summed E-state index contributed by atoms with van der Waals surface area (Å²) >= 11 is 8.15. The van der Waals surface area contributed by atoms with Crippen molar-refractivity contribution in [2.45, 2.75) is 32.2 Å². The molecule has 2 rings (SSSR count). The number of thiocarbonyl (C=S) groups is 1. The van der Waals surface area contributed by atoms with Crippen LogP contribution < -0.4 is 10.6 Å². The number of halogens is 2. The number of nitrogens with zero attached hydrogens (tertiary/aromatic N) is 1. The Morgan fingerprint density at radius 1 is 1.56 bits per heavy atom. The number of nitrogens with two attached hydrogens (primary N) is 1. The van der Waals surface area contributed by atoms with E-state index < -0.39 is 0 Å². The van der Waals surface area contributed by atoms with Crippen molar-refractivity contribution in [2.24, 2.45) is 5.73 Å². The largest absolute Gasteiger partial charge is 0.389 e. The van der Waals surface area contributed by atoms with Crippen LogP contribution in [0.25, 0.3) is 0 Å². The molecule has 0 bridgehead atoms. The van der Waals surface area contributed by atoms with Gasteiger partial charge in [0.25, 0.3) is 0 Å². The monoisotopic (exact) mass is 330 g/mol. The fourth-order valence-electron chi connectivity index (χ4n) is 2.08. The molecule has 18 heavy (non-hydrogen) atoms. The van der Waals surface area contributed by atoms with Crippen LogP contribution in [0.5, 0.6) is 0 Å². The van der Waals surface area contributed by atoms with Gasteiger partial charge < -0.3 is 10.6 Å². The van der Waals surface area contributed by atoms with Crippen molar-refractivity contribution in [1.82, 2.24) is 0 Å². The Kier molecular flexibility index (Phi) is 4.22. The number of hydrogen-bond acceptors (Lipinski definition) is 2. The Morgan fingerprint density at radius 2 is 2.22 bits per heavy atom. The molecule has 5 heteroatoms. The minimum absolute atomic E-state index is 0.209. The normalized spacial score (nSPS) is 14.6. The van der Waals surface area contributed by atoms with Crippen LogP contribution in [-0.4, -0.2) is 17.6 Å². The van der Waals surface area contributed by atoms with Crippen molar-refractivity contribution in [1.29, 1.82) is 0 Å². The van der Waals surface area contributed by atoms with E-state index in [4.69, 9.17) is 18.0 Å². The summed E-state index contributed by atoms with van der Waals surface area (Å²) in [5.41, 5.74) is 6.76. The third-order valence-corrected chi connectivity index (χ3v) is 4.08. The highest BCUT2D eigenvalue weighted by Crippen LogP contribution is 2.36. The third-order valence-electron chi connectivity index (χ3n) is 3.09. The SMILES string of the molecule is CCCN(c1ccc(C(N)=S)c(Br)c1F)C1CC1. The molecule has 1 fully saturated rings. The molecule has 0 radical (unpaired) electrons. The molecule has 2 nitrogen and oxygen atoms in total. The molecule has 0 atom stereocenters. The molecule has 2 N–H and O–H groups in total. The second kappa shape index (κ2) is 5.53. The highest BCUT2D eigenvalue weighted by atomic mass is 79.9. The van der Waals surface area contributed by atoms with Crippen molar-refractivity contribution in [3.63, 3.8) is 0 Å². The predicted octanol–water partition coefficient (Wildman–Crippen LogP) is 3.60. The molecule has 0 aliphatic heterocycles. The van der Waals surface area contributed by atoms with Crippen molar-refractivity contribution >= 4 is 38.8 Å². The lowest BCUT2D eigenvalue weighted by atomic mass is 10.1. The molecule has 0 amide bonds. The van der Waals surface area contributed by atoms with Gasteiger partial charge in [0.05, 0.1) is 10.2 Å². The smallest absolute Gasteiger partial charge is 0.161 e. The standard InChI is InChI=1S/C13H16BrFN2S/c1-2-7-17(8-3-4-8)10-6-5-9(13(16)18)11(14)12(10)15/h5-6,8H,2-4,7H2,1H3,(H2,16,18). The summed E-state index contributed by atoms with van der Waals surface area (Å²) in [6, 6.07) is 4.06. The number of rotatable bonds is 5. The molecule has 1 aliphatic carbocycles. The lowest BCUT2D eigenvalue weighted by Gasteiger charge is -2.25. The summed E-state index contributed by atoms with van der Waals surface area (Å²) in [6.07, 6.45) is 3.30. The van der Waals surface area contributed by atoms with E-state index in [-0.39, 0.29) is 10.8 Å². The van der Waals surface area contributed by atoms with Gasteiger partial charge in [0.15, 0.2) is 5.82 Å². The molecule has 0 heterocycles. The van der Waals surface area contributed by atoms with Gasteiger partial charge in [-0.1, -0.05) is 19.1 Å². The molecule has 0 saturated heterocycles. The Morgan fingerprint density at radius 3 is 2.72 bits per heavy atom. The molecule has 0 spiro atoms. The third kappa shape index (κ3) is 2.67. The lowest BCUT2D eigenvalue weighted by molar-refractivity contribution is 0.607. The van der Waals surface area contributed by atoms with Crippen LogP contribution in [0.15, 0.2) is 16.6 Å². The van der Waals surface area contributed by atoms with Crippen molar-refractivity contribution in [3.05, 3.63) is 28.0 Å². The van der Waals surface area contributed by atoms with E-state index in [0.717, 1.165) is 25.8 Å². The van der Waals surface area contributed by atoms with Gasteiger partial charge in [-0.2, -0.15) is 0 Å². The van der Waals surface area contributed by atoms with E-state index in [2.05, 4.69) is 27.8 Å². The van der Waals surface area contributed by atoms with E-state index >= 15 is 0 Å². The lowest BCUT2D eigenvalue weighted by Crippen LogP contribution is -2.27. The van der Waals surface area contributed by atoms with Gasteiger partial charge >= 0.3 is 0 Å². The quantitative estimate of drug-likeness (QED) is 0.836. The van der Waals surface area contributed by atoms with Gasteiger partial charge in [0.1, 0.15) is 4.99 Å². The van der Waals surface area contributed by atoms with Gasteiger partial charge in [-0.15, -0.1) is 0 Å². The summed E-state index contributed by atoms with van der Waals surface area (Å²) in [5, 5.41) is 0. The van der Waals surface area contributed by atoms with Gasteiger partial charge in [0.2, 0.25) is 0 Å². The maximum Gasteiger partial charge on any atom is 0.161 e. The zero-order chi connectivity index (χ0) is 13.3. The maximum absolute atomic E-state index is 14.4. The predicted molar refractivity (Wildman–Crippen MR) is 80.6 cm³/mol. The highest BCUT2D eigenvalue weighted by molar-refractivity contribution is 9.10. The first kappa shape index (κ1) is 13.7. The molecular weight excluding hydrogens is 315 g/mol. The second-order valence-electron chi connectivity index (χ2n) is 4.55. The molecule has 1 saturated carbocycles. The molecule has 0 aromatic heterocycles. The van der Waals surface area contributed by atoms with Gasteiger partial charge in [-0.3, -0.25) is 0 Å². The van der Waals surface area contributed by atoms with Gasteiger partial charge in [-0.25, -0.2) is 4.39 Å². The molecule has 1 aromatic carbocycles. The van der Waals surface area contributed by atoms with Crippen molar-refractivity contribution in [3.8, 4) is 0 Å². The molecule has 0 unspecified atom stereocenters. The van der Waals surface area contributed by atoms with E-state index in [1.165, 1.54) is 0 Å². The van der Waals surface area contributed by atoms with Gasteiger partial charge in [-0.05, 0) is 47.3 Å². The van der Waals surface area contributed by atoms with Gasteiger partial charge in [0, 0.05) is 18.2 Å². The van der Waals surface area contributed by atoms with Crippen LogP contribution >= 0.6 is 28.1 Å². The van der Waals surface area contributed by atoms with Crippen LogP contribution in [-0.2, 0) is 0 Å². The first-order valence-corrected chi connectivity index (χ1v) is 7.30. The summed E-state index contributed by atoms with van der Waals surface area (Å²) in [4.78, 5) is 2.35. The fraction of sp³-hybridized carbons (Fsp3) is 0.462. The molecule has 98 valence electrons. The average molecular weight is 331 g/mol. The minimum Gasteiger partial charge on any atom is -0.389 e. The topological polar surface area (TPSA) is 29.3 Å². The van der Waals surface area contributed by atoms with E-state index in [0.29, 0.717) is 21.8 Å². The van der Waals surface area contributed by atoms with Crippen LogP contribution in [0.4, 0.5) is 10.1 Å². The van der Waals surface area contributed by atoms with Crippen molar-refractivity contribution in [2.75, 3.05) is 11.4 Å². The van der Waals surface area contributed by atoms with Crippen LogP contribution in [0.3, 0.4) is 0 Å². The Hall–Kier alpha value is -0.680. The van der Waals surface area contributed by atoms with Crippen LogP contribution in [0.2, 0.25) is 0 Å². The average Bonchev–Trinajstić information content (AvgIpc) is 3.14. The Balaban J connectivity index is 2.38. The fourth-order valence-corrected chi connectivity index (χ4v) is 2.93. The summed E-state index contributed by atoms with van der Waals surface area (Å²) in [7, 11) is 0. The molecule has 1 aromatic rings. The zero-order valence-electron chi connectivity index (χ0n) is 10.2. The van der Waals surface area contributed by atoms with E-state index in [1.807, 2.05) is 0 Å². The summed E-state index contributed by atoms with van der Waals surface area (Å²) in [6.45, 7) is 2.98. The number of anilines is 1. The first-order valence-electron chi connectivity index (χ1n) is 6.10. The molecular formula is C13H16BrFN2S. The number of benzene rings is 1. The zero-order valence-corrected chi connectivity index (χ0v) is 12.7. The molecule has 1 aliphatic rings. The summed E-state index contributed by atoms with van der Waals surface area (Å²) < 4.78 is 14.7.